The number of nitrogens with zero attached hydrogens (tertiary/aromatic N) is 4. The predicted molar refractivity (Wildman–Crippen MR) is 81.8 cm³/mol. The van der Waals surface area contributed by atoms with Crippen molar-refractivity contribution >= 4 is 11.8 Å². The zero-order chi connectivity index (χ0) is 14.4. The summed E-state index contributed by atoms with van der Waals surface area (Å²) in [6.45, 7) is 5.02. The molecule has 0 spiro atoms. The van der Waals surface area contributed by atoms with Crippen LogP contribution in [0.1, 0.15) is 25.8 Å². The lowest BCUT2D eigenvalue weighted by Gasteiger charge is -2.18. The van der Waals surface area contributed by atoms with Crippen LogP contribution >= 0.6 is 0 Å². The smallest absolute Gasteiger partial charge is 0.244 e. The highest BCUT2D eigenvalue weighted by Crippen LogP contribution is 2.13. The number of aromatic nitrogens is 3. The lowest BCUT2D eigenvalue weighted by atomic mass is 10.2. The van der Waals surface area contributed by atoms with E-state index in [1.807, 2.05) is 25.2 Å². The van der Waals surface area contributed by atoms with E-state index in [4.69, 9.17) is 0 Å². The highest BCUT2D eigenvalue weighted by atomic mass is 15.3. The molecule has 0 fully saturated rings. The van der Waals surface area contributed by atoms with Crippen molar-refractivity contribution in [1.29, 1.82) is 0 Å². The van der Waals surface area contributed by atoms with Crippen LogP contribution in [0.4, 0.5) is 11.8 Å². The Balaban J connectivity index is 2.06. The van der Waals surface area contributed by atoms with Gasteiger partial charge in [0.05, 0.1) is 6.20 Å². The van der Waals surface area contributed by atoms with Crippen molar-refractivity contribution in [2.24, 2.45) is 0 Å². The Bertz CT molecular complexity index is 529. The highest BCUT2D eigenvalue weighted by molar-refractivity contribution is 5.40. The molecule has 2 aromatic rings. The third-order valence-electron chi connectivity index (χ3n) is 3.19. The average molecular weight is 271 g/mol. The first-order valence-corrected chi connectivity index (χ1v) is 6.90. The van der Waals surface area contributed by atoms with Crippen LogP contribution in [0.2, 0.25) is 0 Å². The van der Waals surface area contributed by atoms with Gasteiger partial charge in [-0.1, -0.05) is 37.3 Å². The lowest BCUT2D eigenvalue weighted by molar-refractivity contribution is 0.743. The van der Waals surface area contributed by atoms with Crippen molar-refractivity contribution < 1.29 is 0 Å². The van der Waals surface area contributed by atoms with Gasteiger partial charge in [0.15, 0.2) is 5.82 Å². The number of rotatable bonds is 6. The molecule has 1 aromatic heterocycles. The normalized spacial score (nSPS) is 11.9. The zero-order valence-corrected chi connectivity index (χ0v) is 12.2. The number of anilines is 2. The molecule has 1 atom stereocenters. The summed E-state index contributed by atoms with van der Waals surface area (Å²) in [4.78, 5) is 6.56. The van der Waals surface area contributed by atoms with Crippen LogP contribution < -0.4 is 10.2 Å². The molecule has 0 amide bonds. The summed E-state index contributed by atoms with van der Waals surface area (Å²) >= 11 is 0. The van der Waals surface area contributed by atoms with Gasteiger partial charge in [0.25, 0.3) is 0 Å². The maximum Gasteiger partial charge on any atom is 0.244 e. The van der Waals surface area contributed by atoms with Crippen LogP contribution in [-0.4, -0.2) is 28.3 Å². The van der Waals surface area contributed by atoms with Gasteiger partial charge in [0.2, 0.25) is 5.95 Å². The summed E-state index contributed by atoms with van der Waals surface area (Å²) in [5.74, 6) is 1.39. The van der Waals surface area contributed by atoms with E-state index in [9.17, 15) is 0 Å². The van der Waals surface area contributed by atoms with E-state index in [2.05, 4.69) is 51.4 Å². The fraction of sp³-hybridized carbons (Fsp3) is 0.400. The molecule has 1 unspecified atom stereocenters. The molecule has 1 N–H and O–H groups in total. The maximum absolute atomic E-state index is 4.50. The molecule has 2 rings (SSSR count). The highest BCUT2D eigenvalue weighted by Gasteiger charge is 2.07. The summed E-state index contributed by atoms with van der Waals surface area (Å²) in [5, 5.41) is 11.3. The van der Waals surface area contributed by atoms with Gasteiger partial charge in [-0.25, -0.2) is 0 Å². The maximum atomic E-state index is 4.50. The Labute approximate surface area is 120 Å². The van der Waals surface area contributed by atoms with Crippen molar-refractivity contribution in [3.8, 4) is 0 Å². The zero-order valence-electron chi connectivity index (χ0n) is 12.2. The van der Waals surface area contributed by atoms with Gasteiger partial charge < -0.3 is 10.2 Å². The van der Waals surface area contributed by atoms with Crippen LogP contribution in [0.3, 0.4) is 0 Å². The monoisotopic (exact) mass is 271 g/mol. The minimum atomic E-state index is 0.339. The molecular weight excluding hydrogens is 250 g/mol. The summed E-state index contributed by atoms with van der Waals surface area (Å²) in [6, 6.07) is 10.6. The SMILES string of the molecule is CCC(C)Nc1nncc(N(C)Cc2ccccc2)n1. The summed E-state index contributed by atoms with van der Waals surface area (Å²) in [5.41, 5.74) is 1.24. The summed E-state index contributed by atoms with van der Waals surface area (Å²) in [7, 11) is 2.00. The fourth-order valence-electron chi connectivity index (χ4n) is 1.80. The van der Waals surface area contributed by atoms with Gasteiger partial charge in [0, 0.05) is 19.6 Å². The molecule has 0 bridgehead atoms. The molecule has 0 saturated carbocycles. The topological polar surface area (TPSA) is 53.9 Å². The Kier molecular flexibility index (Phi) is 4.87. The third kappa shape index (κ3) is 3.91. The van der Waals surface area contributed by atoms with Gasteiger partial charge in [0.1, 0.15) is 0 Å². The molecule has 0 aliphatic rings. The quantitative estimate of drug-likeness (QED) is 0.875. The fourth-order valence-corrected chi connectivity index (χ4v) is 1.80. The van der Waals surface area contributed by atoms with Crippen LogP contribution in [-0.2, 0) is 6.54 Å². The average Bonchev–Trinajstić information content (AvgIpc) is 2.48. The Morgan fingerprint density at radius 3 is 2.70 bits per heavy atom. The van der Waals surface area contributed by atoms with Gasteiger partial charge in [-0.05, 0) is 18.9 Å². The first-order chi connectivity index (χ1) is 9.69. The molecule has 5 heteroatoms. The first-order valence-electron chi connectivity index (χ1n) is 6.90. The molecule has 1 heterocycles. The van der Waals surface area contributed by atoms with E-state index in [0.29, 0.717) is 12.0 Å². The van der Waals surface area contributed by atoms with Crippen LogP contribution in [0.5, 0.6) is 0 Å². The molecule has 0 aliphatic heterocycles. The molecule has 20 heavy (non-hydrogen) atoms. The molecule has 0 saturated heterocycles. The van der Waals surface area contributed by atoms with Gasteiger partial charge in [-0.3, -0.25) is 0 Å². The summed E-state index contributed by atoms with van der Waals surface area (Å²) < 4.78 is 0. The number of hydrogen-bond donors (Lipinski definition) is 1. The predicted octanol–water partition coefficient (Wildman–Crippen LogP) is 2.72. The van der Waals surface area contributed by atoms with E-state index in [1.165, 1.54) is 5.56 Å². The second-order valence-electron chi connectivity index (χ2n) is 4.93. The lowest BCUT2D eigenvalue weighted by Crippen LogP contribution is -2.21. The van der Waals surface area contributed by atoms with Crippen LogP contribution in [0.25, 0.3) is 0 Å². The number of hydrogen-bond acceptors (Lipinski definition) is 5. The first kappa shape index (κ1) is 14.2. The molecule has 5 nitrogen and oxygen atoms in total. The molecular formula is C15H21N5. The molecule has 0 aliphatic carbocycles. The molecule has 0 radical (unpaired) electrons. The summed E-state index contributed by atoms with van der Waals surface area (Å²) in [6.07, 6.45) is 2.71. The molecule has 1 aromatic carbocycles. The standard InChI is InChI=1S/C15H21N5/c1-4-12(2)17-15-18-14(10-16-19-15)20(3)11-13-8-6-5-7-9-13/h5-10,12H,4,11H2,1-3H3,(H,17,18,19). The van der Waals surface area contributed by atoms with Crippen molar-refractivity contribution in [2.45, 2.75) is 32.9 Å². The van der Waals surface area contributed by atoms with Gasteiger partial charge >= 0.3 is 0 Å². The number of benzene rings is 1. The third-order valence-corrected chi connectivity index (χ3v) is 3.19. The van der Waals surface area contributed by atoms with E-state index in [0.717, 1.165) is 18.8 Å². The van der Waals surface area contributed by atoms with Gasteiger partial charge in [-0.2, -0.15) is 10.1 Å². The minimum absolute atomic E-state index is 0.339. The van der Waals surface area contributed by atoms with Crippen LogP contribution in [0.15, 0.2) is 36.5 Å². The Morgan fingerprint density at radius 2 is 2.00 bits per heavy atom. The van der Waals surface area contributed by atoms with Crippen molar-refractivity contribution in [2.75, 3.05) is 17.3 Å². The number of nitrogens with one attached hydrogen (secondary N) is 1. The van der Waals surface area contributed by atoms with E-state index in [1.54, 1.807) is 6.20 Å². The van der Waals surface area contributed by atoms with Crippen molar-refractivity contribution in [3.05, 3.63) is 42.1 Å². The van der Waals surface area contributed by atoms with Crippen LogP contribution in [0, 0.1) is 0 Å². The largest absolute Gasteiger partial charge is 0.354 e. The van der Waals surface area contributed by atoms with Crippen molar-refractivity contribution in [3.63, 3.8) is 0 Å². The second-order valence-corrected chi connectivity index (χ2v) is 4.93. The van der Waals surface area contributed by atoms with E-state index >= 15 is 0 Å². The Morgan fingerprint density at radius 1 is 1.25 bits per heavy atom. The van der Waals surface area contributed by atoms with Gasteiger partial charge in [-0.15, -0.1) is 5.10 Å². The second kappa shape index (κ2) is 6.84. The molecule has 106 valence electrons. The minimum Gasteiger partial charge on any atom is -0.354 e. The van der Waals surface area contributed by atoms with E-state index in [-0.39, 0.29) is 0 Å². The Hall–Kier alpha value is -2.17. The van der Waals surface area contributed by atoms with E-state index < -0.39 is 0 Å². The van der Waals surface area contributed by atoms with Crippen molar-refractivity contribution in [1.82, 2.24) is 15.2 Å².